The third-order valence-corrected chi connectivity index (χ3v) is 2.10. The van der Waals surface area contributed by atoms with Crippen LogP contribution in [0.4, 0.5) is 5.69 Å². The van der Waals surface area contributed by atoms with Crippen LogP contribution in [0.2, 0.25) is 0 Å². The number of carbonyl (C=O) groups is 1. The van der Waals surface area contributed by atoms with Gasteiger partial charge in [0, 0.05) is 19.3 Å². The maximum Gasteiger partial charge on any atom is 0.239 e. The highest BCUT2D eigenvalue weighted by atomic mass is 16.5. The quantitative estimate of drug-likeness (QED) is 0.710. The SMILES string of the molecule is COCCNC(=O)CNc1ccc(C#N)cc1. The molecular formula is C12H15N3O2. The number of hydrogen-bond acceptors (Lipinski definition) is 4. The number of nitrogens with zero attached hydrogens (tertiary/aromatic N) is 1. The number of amides is 1. The summed E-state index contributed by atoms with van der Waals surface area (Å²) >= 11 is 0. The molecule has 17 heavy (non-hydrogen) atoms. The minimum absolute atomic E-state index is 0.0913. The van der Waals surface area contributed by atoms with Gasteiger partial charge < -0.3 is 15.4 Å². The smallest absolute Gasteiger partial charge is 0.239 e. The molecule has 0 spiro atoms. The number of benzene rings is 1. The molecule has 1 rings (SSSR count). The molecule has 90 valence electrons. The summed E-state index contributed by atoms with van der Waals surface area (Å²) in [5.74, 6) is -0.0913. The molecule has 0 saturated carbocycles. The Morgan fingerprint density at radius 1 is 1.41 bits per heavy atom. The second kappa shape index (κ2) is 7.25. The maximum atomic E-state index is 11.3. The Morgan fingerprint density at radius 3 is 2.71 bits per heavy atom. The van der Waals surface area contributed by atoms with Gasteiger partial charge in [-0.25, -0.2) is 0 Å². The molecule has 5 heteroatoms. The van der Waals surface area contributed by atoms with Gasteiger partial charge in [-0.15, -0.1) is 0 Å². The van der Waals surface area contributed by atoms with Crippen LogP contribution >= 0.6 is 0 Å². The molecule has 0 aliphatic heterocycles. The molecule has 0 radical (unpaired) electrons. The van der Waals surface area contributed by atoms with Crippen LogP contribution in [0.1, 0.15) is 5.56 Å². The summed E-state index contributed by atoms with van der Waals surface area (Å²) in [5.41, 5.74) is 1.41. The van der Waals surface area contributed by atoms with E-state index in [1.807, 2.05) is 6.07 Å². The molecule has 0 fully saturated rings. The first-order chi connectivity index (χ1) is 8.26. The minimum Gasteiger partial charge on any atom is -0.383 e. The Kier molecular flexibility index (Phi) is 5.55. The van der Waals surface area contributed by atoms with Gasteiger partial charge in [0.1, 0.15) is 0 Å². The van der Waals surface area contributed by atoms with E-state index in [9.17, 15) is 4.79 Å². The Hall–Kier alpha value is -2.06. The molecular weight excluding hydrogens is 218 g/mol. The minimum atomic E-state index is -0.0913. The van der Waals surface area contributed by atoms with Gasteiger partial charge in [0.15, 0.2) is 0 Å². The molecule has 5 nitrogen and oxygen atoms in total. The van der Waals surface area contributed by atoms with Crippen LogP contribution in [-0.2, 0) is 9.53 Å². The number of nitrogens with one attached hydrogen (secondary N) is 2. The number of rotatable bonds is 6. The van der Waals surface area contributed by atoms with Crippen molar-refractivity contribution in [3.63, 3.8) is 0 Å². The summed E-state index contributed by atoms with van der Waals surface area (Å²) in [4.78, 5) is 11.3. The van der Waals surface area contributed by atoms with Crippen LogP contribution in [0.5, 0.6) is 0 Å². The summed E-state index contributed by atoms with van der Waals surface area (Å²) in [5, 5.41) is 14.3. The average molecular weight is 233 g/mol. The van der Waals surface area contributed by atoms with E-state index in [1.54, 1.807) is 31.4 Å². The van der Waals surface area contributed by atoms with E-state index in [2.05, 4.69) is 10.6 Å². The van der Waals surface area contributed by atoms with E-state index < -0.39 is 0 Å². The first-order valence-corrected chi connectivity index (χ1v) is 5.26. The first kappa shape index (κ1) is 13.0. The summed E-state index contributed by atoms with van der Waals surface area (Å²) in [6.07, 6.45) is 0. The molecule has 0 aliphatic rings. The molecule has 0 unspecified atom stereocenters. The van der Waals surface area contributed by atoms with Crippen molar-refractivity contribution in [2.75, 3.05) is 32.1 Å². The molecule has 0 bridgehead atoms. The Labute approximate surface area is 100 Å². The number of methoxy groups -OCH3 is 1. The molecule has 0 atom stereocenters. The van der Waals surface area contributed by atoms with Crippen LogP contribution in [0.3, 0.4) is 0 Å². The van der Waals surface area contributed by atoms with Gasteiger partial charge in [-0.1, -0.05) is 0 Å². The van der Waals surface area contributed by atoms with Gasteiger partial charge in [-0.3, -0.25) is 4.79 Å². The predicted molar refractivity (Wildman–Crippen MR) is 64.5 cm³/mol. The van der Waals surface area contributed by atoms with Gasteiger partial charge in [-0.2, -0.15) is 5.26 Å². The van der Waals surface area contributed by atoms with Gasteiger partial charge in [0.05, 0.1) is 24.8 Å². The van der Waals surface area contributed by atoms with Gasteiger partial charge >= 0.3 is 0 Å². The number of hydrogen-bond donors (Lipinski definition) is 2. The lowest BCUT2D eigenvalue weighted by atomic mass is 10.2. The summed E-state index contributed by atoms with van der Waals surface area (Å²) < 4.78 is 4.81. The highest BCUT2D eigenvalue weighted by Gasteiger charge is 2.00. The fraction of sp³-hybridized carbons (Fsp3) is 0.333. The lowest BCUT2D eigenvalue weighted by Gasteiger charge is -2.07. The zero-order chi connectivity index (χ0) is 12.5. The average Bonchev–Trinajstić information content (AvgIpc) is 2.37. The Bertz CT molecular complexity index is 395. The highest BCUT2D eigenvalue weighted by molar-refractivity contribution is 5.80. The fourth-order valence-corrected chi connectivity index (χ4v) is 1.20. The maximum absolute atomic E-state index is 11.3. The van der Waals surface area contributed by atoms with Crippen molar-refractivity contribution in [1.29, 1.82) is 5.26 Å². The molecule has 0 aliphatic carbocycles. The lowest BCUT2D eigenvalue weighted by Crippen LogP contribution is -2.32. The van der Waals surface area contributed by atoms with Crippen molar-refractivity contribution in [3.05, 3.63) is 29.8 Å². The first-order valence-electron chi connectivity index (χ1n) is 5.26. The monoisotopic (exact) mass is 233 g/mol. The van der Waals surface area contributed by atoms with Crippen molar-refractivity contribution in [2.24, 2.45) is 0 Å². The largest absolute Gasteiger partial charge is 0.383 e. The molecule has 0 heterocycles. The van der Waals surface area contributed by atoms with E-state index in [0.717, 1.165) is 5.69 Å². The molecule has 1 aromatic carbocycles. The van der Waals surface area contributed by atoms with E-state index in [0.29, 0.717) is 18.7 Å². The zero-order valence-corrected chi connectivity index (χ0v) is 9.69. The fourth-order valence-electron chi connectivity index (χ4n) is 1.20. The summed E-state index contributed by atoms with van der Waals surface area (Å²) in [6.45, 7) is 1.21. The van der Waals surface area contributed by atoms with E-state index in [4.69, 9.17) is 10.00 Å². The molecule has 2 N–H and O–H groups in total. The van der Waals surface area contributed by atoms with Crippen molar-refractivity contribution < 1.29 is 9.53 Å². The molecule has 0 saturated heterocycles. The van der Waals surface area contributed by atoms with Crippen molar-refractivity contribution in [3.8, 4) is 6.07 Å². The van der Waals surface area contributed by atoms with Crippen LogP contribution in [0.25, 0.3) is 0 Å². The second-order valence-corrected chi connectivity index (χ2v) is 3.39. The third-order valence-electron chi connectivity index (χ3n) is 2.10. The van der Waals surface area contributed by atoms with Crippen molar-refractivity contribution >= 4 is 11.6 Å². The summed E-state index contributed by atoms with van der Waals surface area (Å²) in [6, 6.07) is 8.96. The van der Waals surface area contributed by atoms with E-state index >= 15 is 0 Å². The predicted octanol–water partition coefficient (Wildman–Crippen LogP) is 0.733. The van der Waals surface area contributed by atoms with E-state index in [-0.39, 0.29) is 12.5 Å². The standard InChI is InChI=1S/C12H15N3O2/c1-17-7-6-14-12(16)9-15-11-4-2-10(8-13)3-5-11/h2-5,15H,6-7,9H2,1H3,(H,14,16). The lowest BCUT2D eigenvalue weighted by molar-refractivity contribution is -0.119. The van der Waals surface area contributed by atoms with Crippen LogP contribution in [0, 0.1) is 11.3 Å². The highest BCUT2D eigenvalue weighted by Crippen LogP contribution is 2.07. The molecule has 1 amide bonds. The summed E-state index contributed by atoms with van der Waals surface area (Å²) in [7, 11) is 1.58. The number of carbonyl (C=O) groups excluding carboxylic acids is 1. The Morgan fingerprint density at radius 2 is 2.12 bits per heavy atom. The topological polar surface area (TPSA) is 74.2 Å². The number of anilines is 1. The number of ether oxygens (including phenoxy) is 1. The number of nitriles is 1. The van der Waals surface area contributed by atoms with Crippen LogP contribution in [-0.4, -0.2) is 32.7 Å². The third kappa shape index (κ3) is 5.00. The van der Waals surface area contributed by atoms with E-state index in [1.165, 1.54) is 0 Å². The van der Waals surface area contributed by atoms with Gasteiger partial charge in [-0.05, 0) is 24.3 Å². The normalized spacial score (nSPS) is 9.41. The van der Waals surface area contributed by atoms with Gasteiger partial charge in [0.25, 0.3) is 0 Å². The van der Waals surface area contributed by atoms with Crippen molar-refractivity contribution in [2.45, 2.75) is 0 Å². The Balaban J connectivity index is 2.30. The van der Waals surface area contributed by atoms with Gasteiger partial charge in [0.2, 0.25) is 5.91 Å². The molecule has 0 aromatic heterocycles. The second-order valence-electron chi connectivity index (χ2n) is 3.39. The van der Waals surface area contributed by atoms with Crippen LogP contribution in [0.15, 0.2) is 24.3 Å². The van der Waals surface area contributed by atoms with Crippen molar-refractivity contribution in [1.82, 2.24) is 5.32 Å². The molecule has 1 aromatic rings. The zero-order valence-electron chi connectivity index (χ0n) is 9.69. The van der Waals surface area contributed by atoms with Crippen LogP contribution < -0.4 is 10.6 Å².